The van der Waals surface area contributed by atoms with Crippen LogP contribution in [0.1, 0.15) is 51.9 Å². The molecule has 1 saturated heterocycles. The molecule has 156 valence electrons. The van der Waals surface area contributed by atoms with E-state index in [1.807, 2.05) is 11.3 Å². The van der Waals surface area contributed by atoms with Gasteiger partial charge >= 0.3 is 0 Å². The number of carbonyl (C=O) groups is 1. The molecule has 1 saturated carbocycles. The molecule has 0 atom stereocenters. The molecule has 7 heteroatoms. The van der Waals surface area contributed by atoms with Gasteiger partial charge in [0.2, 0.25) is 5.91 Å². The Kier molecular flexibility index (Phi) is 8.45. The summed E-state index contributed by atoms with van der Waals surface area (Å²) in [5, 5.41) is 13.4. The summed E-state index contributed by atoms with van der Waals surface area (Å²) < 4.78 is 0. The van der Waals surface area contributed by atoms with Crippen LogP contribution in [0.2, 0.25) is 0 Å². The van der Waals surface area contributed by atoms with Crippen molar-refractivity contribution in [1.82, 2.24) is 16.0 Å². The second-order valence-electron chi connectivity index (χ2n) is 7.82. The molecule has 0 bridgehead atoms. The van der Waals surface area contributed by atoms with E-state index in [2.05, 4.69) is 50.3 Å². The van der Waals surface area contributed by atoms with Gasteiger partial charge in [-0.2, -0.15) is 0 Å². The average molecular weight is 406 g/mol. The quantitative estimate of drug-likeness (QED) is 0.353. The zero-order chi connectivity index (χ0) is 19.6. The topological polar surface area (TPSA) is 68.8 Å². The Labute approximate surface area is 173 Å². The zero-order valence-electron chi connectivity index (χ0n) is 17.1. The van der Waals surface area contributed by atoms with Gasteiger partial charge in [-0.15, -0.1) is 11.3 Å². The smallest absolute Gasteiger partial charge is 0.220 e. The highest BCUT2D eigenvalue weighted by molar-refractivity contribution is 7.14. The van der Waals surface area contributed by atoms with E-state index >= 15 is 0 Å². The second kappa shape index (κ2) is 11.3. The normalized spacial score (nSPS) is 19.0. The molecule has 2 fully saturated rings. The summed E-state index contributed by atoms with van der Waals surface area (Å²) in [6.45, 7) is 6.30. The fraction of sp³-hybridized carbons (Fsp3) is 0.714. The zero-order valence-corrected chi connectivity index (χ0v) is 17.9. The third kappa shape index (κ3) is 6.69. The average Bonchev–Trinajstić information content (AvgIpc) is 3.40. The first kappa shape index (κ1) is 21.0. The van der Waals surface area contributed by atoms with Gasteiger partial charge in [0, 0.05) is 38.6 Å². The molecule has 1 amide bonds. The molecule has 2 heterocycles. The molecule has 0 unspecified atom stereocenters. The monoisotopic (exact) mass is 405 g/mol. The van der Waals surface area contributed by atoms with Crippen molar-refractivity contribution in [2.45, 2.75) is 57.9 Å². The van der Waals surface area contributed by atoms with Crippen LogP contribution in [-0.4, -0.2) is 50.6 Å². The first-order valence-corrected chi connectivity index (χ1v) is 11.7. The van der Waals surface area contributed by atoms with Crippen LogP contribution in [0, 0.1) is 5.92 Å². The molecule has 3 N–H and O–H groups in total. The molecule has 1 aromatic heterocycles. The van der Waals surface area contributed by atoms with Crippen LogP contribution in [0.25, 0.3) is 0 Å². The van der Waals surface area contributed by atoms with Gasteiger partial charge in [0.25, 0.3) is 0 Å². The highest BCUT2D eigenvalue weighted by Gasteiger charge is 2.21. The van der Waals surface area contributed by atoms with Crippen LogP contribution < -0.4 is 20.9 Å². The lowest BCUT2D eigenvalue weighted by atomic mass is 10.0. The predicted molar refractivity (Wildman–Crippen MR) is 118 cm³/mol. The van der Waals surface area contributed by atoms with E-state index in [1.165, 1.54) is 30.7 Å². The lowest BCUT2D eigenvalue weighted by Crippen LogP contribution is -2.48. The summed E-state index contributed by atoms with van der Waals surface area (Å²) in [7, 11) is 0. The van der Waals surface area contributed by atoms with Crippen molar-refractivity contribution in [3.63, 3.8) is 0 Å². The van der Waals surface area contributed by atoms with Crippen LogP contribution in [0.3, 0.4) is 0 Å². The summed E-state index contributed by atoms with van der Waals surface area (Å²) in [6.07, 6.45) is 7.90. The molecule has 1 aromatic rings. The maximum Gasteiger partial charge on any atom is 0.220 e. The molecule has 1 aliphatic heterocycles. The standard InChI is InChI=1S/C21H35N5OS/c1-2-22-21(24-12-11-23-19(27)16-17-6-3-4-7-17)25-18-9-13-26(14-10-18)20-8-5-15-28-20/h5,8,15,17-18H,2-4,6-7,9-14,16H2,1H3,(H,23,27)(H2,22,24,25). The summed E-state index contributed by atoms with van der Waals surface area (Å²) in [4.78, 5) is 19.1. The summed E-state index contributed by atoms with van der Waals surface area (Å²) >= 11 is 1.81. The number of guanidine groups is 1. The number of piperidine rings is 1. The first-order chi connectivity index (χ1) is 13.7. The first-order valence-electron chi connectivity index (χ1n) is 10.8. The third-order valence-corrected chi connectivity index (χ3v) is 6.58. The van der Waals surface area contributed by atoms with E-state index in [0.717, 1.165) is 38.4 Å². The Hall–Kier alpha value is -1.76. The van der Waals surface area contributed by atoms with Crippen molar-refractivity contribution >= 4 is 28.2 Å². The van der Waals surface area contributed by atoms with Crippen molar-refractivity contribution in [2.75, 3.05) is 37.6 Å². The number of hydrogen-bond acceptors (Lipinski definition) is 4. The van der Waals surface area contributed by atoms with Crippen molar-refractivity contribution in [3.8, 4) is 0 Å². The van der Waals surface area contributed by atoms with Gasteiger partial charge in [-0.05, 0) is 56.0 Å². The lowest BCUT2D eigenvalue weighted by Gasteiger charge is -2.33. The van der Waals surface area contributed by atoms with Gasteiger partial charge in [-0.25, -0.2) is 0 Å². The Bertz CT molecular complexity index is 604. The molecule has 0 aromatic carbocycles. The predicted octanol–water partition coefficient (Wildman–Crippen LogP) is 2.97. The number of amides is 1. The largest absolute Gasteiger partial charge is 0.363 e. The maximum atomic E-state index is 12.0. The van der Waals surface area contributed by atoms with Gasteiger partial charge in [0.15, 0.2) is 5.96 Å². The minimum atomic E-state index is 0.181. The van der Waals surface area contributed by atoms with Crippen LogP contribution in [0.4, 0.5) is 5.00 Å². The molecule has 2 aliphatic rings. The Morgan fingerprint density at radius 3 is 2.68 bits per heavy atom. The number of nitrogens with one attached hydrogen (secondary N) is 3. The van der Waals surface area contributed by atoms with Crippen molar-refractivity contribution in [3.05, 3.63) is 17.5 Å². The van der Waals surface area contributed by atoms with E-state index in [1.54, 1.807) is 0 Å². The van der Waals surface area contributed by atoms with Crippen molar-refractivity contribution < 1.29 is 4.79 Å². The summed E-state index contributed by atoms with van der Waals surface area (Å²) in [5.41, 5.74) is 0. The van der Waals surface area contributed by atoms with Crippen LogP contribution in [0.5, 0.6) is 0 Å². The number of anilines is 1. The molecular formula is C21H35N5OS. The van der Waals surface area contributed by atoms with Crippen LogP contribution in [-0.2, 0) is 4.79 Å². The Balaban J connectivity index is 1.36. The SMILES string of the molecule is CCNC(=NCCNC(=O)CC1CCCC1)NC1CCN(c2cccs2)CC1. The highest BCUT2D eigenvalue weighted by atomic mass is 32.1. The van der Waals surface area contributed by atoms with Crippen molar-refractivity contribution in [1.29, 1.82) is 0 Å². The van der Waals surface area contributed by atoms with Gasteiger partial charge in [-0.1, -0.05) is 12.8 Å². The molecule has 0 spiro atoms. The number of thiophene rings is 1. The van der Waals surface area contributed by atoms with Crippen LogP contribution >= 0.6 is 11.3 Å². The minimum absolute atomic E-state index is 0.181. The highest BCUT2D eigenvalue weighted by Crippen LogP contribution is 2.27. The fourth-order valence-electron chi connectivity index (χ4n) is 4.12. The molecule has 3 rings (SSSR count). The summed E-state index contributed by atoms with van der Waals surface area (Å²) in [5.74, 6) is 1.64. The van der Waals surface area contributed by atoms with E-state index in [9.17, 15) is 4.79 Å². The number of hydrogen-bond donors (Lipinski definition) is 3. The summed E-state index contributed by atoms with van der Waals surface area (Å²) in [6, 6.07) is 4.77. The van der Waals surface area contributed by atoms with Gasteiger partial charge in [0.1, 0.15) is 0 Å². The number of aliphatic imine (C=N–C) groups is 1. The number of carbonyl (C=O) groups excluding carboxylic acids is 1. The molecule has 28 heavy (non-hydrogen) atoms. The molecule has 0 radical (unpaired) electrons. The van der Waals surface area contributed by atoms with E-state index in [0.29, 0.717) is 31.5 Å². The van der Waals surface area contributed by atoms with Gasteiger partial charge < -0.3 is 20.9 Å². The molecular weight excluding hydrogens is 370 g/mol. The lowest BCUT2D eigenvalue weighted by molar-refractivity contribution is -0.121. The molecule has 1 aliphatic carbocycles. The number of nitrogens with zero attached hydrogens (tertiary/aromatic N) is 2. The third-order valence-electron chi connectivity index (χ3n) is 5.65. The van der Waals surface area contributed by atoms with Gasteiger partial charge in [-0.3, -0.25) is 9.79 Å². The Morgan fingerprint density at radius 2 is 2.00 bits per heavy atom. The van der Waals surface area contributed by atoms with E-state index in [4.69, 9.17) is 0 Å². The second-order valence-corrected chi connectivity index (χ2v) is 8.75. The minimum Gasteiger partial charge on any atom is -0.363 e. The number of rotatable bonds is 8. The van der Waals surface area contributed by atoms with Crippen LogP contribution in [0.15, 0.2) is 22.5 Å². The van der Waals surface area contributed by atoms with Crippen molar-refractivity contribution in [2.24, 2.45) is 10.9 Å². The van der Waals surface area contributed by atoms with E-state index < -0.39 is 0 Å². The molecule has 6 nitrogen and oxygen atoms in total. The fourth-order valence-corrected chi connectivity index (χ4v) is 4.90. The van der Waals surface area contributed by atoms with E-state index in [-0.39, 0.29) is 5.91 Å². The maximum absolute atomic E-state index is 12.0. The van der Waals surface area contributed by atoms with Gasteiger partial charge in [0.05, 0.1) is 11.5 Å². The Morgan fingerprint density at radius 1 is 1.21 bits per heavy atom.